The molecule has 1 saturated heterocycles. The largest absolute Gasteiger partial charge is 1.00 e. The molecule has 2 aromatic heterocycles. The fourth-order valence-electron chi connectivity index (χ4n) is 5.09. The minimum Gasteiger partial charge on any atom is -0.790 e. The zero-order valence-electron chi connectivity index (χ0n) is 34.0. The van der Waals surface area contributed by atoms with Crippen LogP contribution in [0.5, 0.6) is 0 Å². The van der Waals surface area contributed by atoms with Crippen molar-refractivity contribution in [3.05, 3.63) is 48.5 Å². The van der Waals surface area contributed by atoms with Gasteiger partial charge in [0.2, 0.25) is 11.8 Å². The number of fused-ring (bicyclic) bond motifs is 1. The van der Waals surface area contributed by atoms with Gasteiger partial charge >= 0.3 is 75.4 Å². The molecule has 1 aliphatic rings. The van der Waals surface area contributed by atoms with Crippen LogP contribution in [0.15, 0.2) is 43.0 Å². The topological polar surface area (TPSA) is 375 Å². The number of carbonyl (C=O) groups is 3. The van der Waals surface area contributed by atoms with Gasteiger partial charge in [0.1, 0.15) is 36.3 Å². The van der Waals surface area contributed by atoms with Gasteiger partial charge in [-0.05, 0) is 5.56 Å². The van der Waals surface area contributed by atoms with Crippen LogP contribution in [0.2, 0.25) is 0 Å². The molecule has 2 unspecified atom stereocenters. The first kappa shape index (κ1) is 60.2. The Kier molecular flexibility index (Phi) is 26.0. The number of benzene rings is 1. The second kappa shape index (κ2) is 26.3. The van der Waals surface area contributed by atoms with E-state index >= 15 is 0 Å². The third-order valence-electron chi connectivity index (χ3n) is 7.93. The fourth-order valence-corrected chi connectivity index (χ4v) is 8.52. The molecule has 61 heavy (non-hydrogen) atoms. The molecule has 2 amide bonds. The van der Waals surface area contributed by atoms with Gasteiger partial charge in [-0.3, -0.25) is 28.1 Å². The van der Waals surface area contributed by atoms with E-state index < -0.39 is 84.6 Å². The molecule has 0 saturated carbocycles. The van der Waals surface area contributed by atoms with Crippen molar-refractivity contribution >= 4 is 69.1 Å². The Labute approximate surface area is 401 Å². The van der Waals surface area contributed by atoms with E-state index in [1.54, 1.807) is 0 Å². The molecule has 1 fully saturated rings. The Bertz CT molecular complexity index is 2040. The minimum absolute atomic E-state index is 0. The molecule has 0 bridgehead atoms. The zero-order chi connectivity index (χ0) is 42.2. The van der Waals surface area contributed by atoms with E-state index in [1.807, 2.05) is 30.3 Å². The monoisotopic (exact) mass is 909 g/mol. The molecule has 1 aromatic carbocycles. The standard InChI is InChI=1S/C29H42N7O17P3S.4Li/c1-29(2,24(40)27(41)32-9-8-19(37)31-10-11-57-20(38)12-17-6-4-3-5-7-17)14-50-56(47,48)53-55(45,46)49-13-18-23(52-54(42,43)44)22(39)28(51-18)36-16-35-21-25(30)33-15-34-26(21)36;;;;/h3-7,15-16,18,22-24,28,39-40H,8-14H2,1-2H3,(H,31,37)(H,32,41)(H,45,46)(H,47,48)(H2,30,33,34)(H2,42,43,44);;;;/q;4*+1/p-4/t18-,22-,23-,24+,28-;;;;/m1..../s1. The molecule has 6 N–H and O–H groups in total. The Hall–Kier alpha value is -0.830. The van der Waals surface area contributed by atoms with Crippen LogP contribution in [0.25, 0.3) is 11.2 Å². The van der Waals surface area contributed by atoms with Crippen LogP contribution < -0.4 is 111 Å². The molecule has 0 radical (unpaired) electrons. The molecule has 24 nitrogen and oxygen atoms in total. The quantitative estimate of drug-likeness (QED) is 0.0376. The summed E-state index contributed by atoms with van der Waals surface area (Å²) in [5, 5.41) is 26.2. The summed E-state index contributed by atoms with van der Waals surface area (Å²) in [6, 6.07) is 9.12. The van der Waals surface area contributed by atoms with Crippen LogP contribution in [0.1, 0.15) is 32.1 Å². The number of hydrogen-bond acceptors (Lipinski definition) is 22. The summed E-state index contributed by atoms with van der Waals surface area (Å²) in [7, 11) is -17.6. The number of nitrogens with two attached hydrogens (primary N) is 1. The van der Waals surface area contributed by atoms with Crippen molar-refractivity contribution in [3.8, 4) is 0 Å². The van der Waals surface area contributed by atoms with Gasteiger partial charge in [0, 0.05) is 37.1 Å². The Morgan fingerprint density at radius 2 is 1.62 bits per heavy atom. The number of anilines is 1. The first-order valence-electron chi connectivity index (χ1n) is 16.6. The van der Waals surface area contributed by atoms with Crippen molar-refractivity contribution in [1.29, 1.82) is 0 Å². The average molecular weight is 909 g/mol. The molecule has 3 heterocycles. The smallest absolute Gasteiger partial charge is 0.790 e. The number of amides is 2. The molecule has 7 atom stereocenters. The van der Waals surface area contributed by atoms with Gasteiger partial charge < -0.3 is 69.0 Å². The molecule has 3 aromatic rings. The molecule has 316 valence electrons. The van der Waals surface area contributed by atoms with Crippen molar-refractivity contribution in [3.63, 3.8) is 0 Å². The molecule has 1 aliphatic heterocycles. The Balaban J connectivity index is 0.00000900. The number of aromatic nitrogens is 4. The summed E-state index contributed by atoms with van der Waals surface area (Å²) < 4.78 is 60.5. The SMILES string of the molecule is CC(C)(COP(=O)([O-])OP(=O)([O-])OC[C@H]1O[C@@H](n2cnc3c(N)ncnc32)[C@H](O)[C@@H]1OP(=O)([O-])[O-])[C@@H](O)C(=O)NCCC(=O)NCCSC(=O)Cc1ccccc1.[Li+].[Li+].[Li+].[Li+]. The van der Waals surface area contributed by atoms with E-state index in [0.717, 1.165) is 34.5 Å². The number of imidazole rings is 1. The number of carbonyl (C=O) groups excluding carboxylic acids is 3. The maximum Gasteiger partial charge on any atom is 1.00 e. The number of aliphatic hydroxyl groups excluding tert-OH is 2. The number of thioether (sulfide) groups is 1. The first-order chi connectivity index (χ1) is 26.6. The van der Waals surface area contributed by atoms with E-state index in [2.05, 4.69) is 43.5 Å². The van der Waals surface area contributed by atoms with Crippen LogP contribution in [0.3, 0.4) is 0 Å². The number of nitrogens with zero attached hydrogens (tertiary/aromatic N) is 4. The van der Waals surface area contributed by atoms with Crippen molar-refractivity contribution in [2.75, 3.05) is 37.8 Å². The van der Waals surface area contributed by atoms with E-state index in [1.165, 1.54) is 13.8 Å². The van der Waals surface area contributed by atoms with Crippen LogP contribution in [-0.4, -0.2) is 103 Å². The van der Waals surface area contributed by atoms with Gasteiger partial charge in [-0.25, -0.2) is 19.3 Å². The number of hydrogen-bond donors (Lipinski definition) is 5. The first-order valence-corrected chi connectivity index (χ1v) is 22.0. The van der Waals surface area contributed by atoms with Crippen molar-refractivity contribution in [2.45, 2.75) is 57.3 Å². The van der Waals surface area contributed by atoms with Crippen molar-refractivity contribution < 1.29 is 156 Å². The zero-order valence-corrected chi connectivity index (χ0v) is 37.5. The van der Waals surface area contributed by atoms with Crippen LogP contribution >= 0.6 is 35.2 Å². The second-order valence-electron chi connectivity index (χ2n) is 12.9. The number of nitrogen functional groups attached to an aromatic ring is 1. The number of nitrogens with one attached hydrogen (secondary N) is 2. The number of phosphoric ester groups is 3. The minimum atomic E-state index is -5.92. The third kappa shape index (κ3) is 18.9. The summed E-state index contributed by atoms with van der Waals surface area (Å²) >= 11 is 1.05. The van der Waals surface area contributed by atoms with Gasteiger partial charge in [-0.2, -0.15) is 0 Å². The molecule has 4 rings (SSSR count). The molecule has 0 spiro atoms. The third-order valence-corrected chi connectivity index (χ3v) is 11.8. The van der Waals surface area contributed by atoms with Crippen LogP contribution in [0, 0.1) is 5.41 Å². The fraction of sp³-hybridized carbons (Fsp3) is 0.517. The van der Waals surface area contributed by atoms with E-state index in [9.17, 15) is 57.9 Å². The number of aliphatic hydroxyl groups is 2. The second-order valence-corrected chi connectivity index (χ2v) is 18.1. The number of rotatable bonds is 21. The summed E-state index contributed by atoms with van der Waals surface area (Å²) in [5.74, 6) is -1.24. The summed E-state index contributed by atoms with van der Waals surface area (Å²) in [4.78, 5) is 96.2. The number of phosphoric acid groups is 3. The van der Waals surface area contributed by atoms with Gasteiger partial charge in [-0.1, -0.05) is 55.9 Å². The predicted molar refractivity (Wildman–Crippen MR) is 188 cm³/mol. The summed E-state index contributed by atoms with van der Waals surface area (Å²) in [6.45, 7) is 0.0749. The maximum absolute atomic E-state index is 12.5. The summed E-state index contributed by atoms with van der Waals surface area (Å²) in [5.41, 5.74) is 4.93. The van der Waals surface area contributed by atoms with Gasteiger partial charge in [-0.15, -0.1) is 0 Å². The molecular weight excluding hydrogens is 871 g/mol. The maximum atomic E-state index is 12.5. The van der Waals surface area contributed by atoms with Gasteiger partial charge in [0.05, 0.1) is 27.4 Å². The van der Waals surface area contributed by atoms with E-state index in [-0.39, 0.29) is 123 Å². The van der Waals surface area contributed by atoms with Crippen molar-refractivity contribution in [2.24, 2.45) is 5.41 Å². The van der Waals surface area contributed by atoms with E-state index in [4.69, 9.17) is 10.5 Å². The van der Waals surface area contributed by atoms with E-state index in [0.29, 0.717) is 5.75 Å². The summed E-state index contributed by atoms with van der Waals surface area (Å²) in [6.07, 6.45) is -7.36. The molecular formula is C29H38Li4N7O17P3S. The van der Waals surface area contributed by atoms with Crippen molar-refractivity contribution in [1.82, 2.24) is 30.2 Å². The van der Waals surface area contributed by atoms with Crippen LogP contribution in [0.4, 0.5) is 5.82 Å². The molecule has 0 aliphatic carbocycles. The van der Waals surface area contributed by atoms with Gasteiger partial charge in [0.25, 0.3) is 15.6 Å². The normalized spacial score (nSPS) is 20.0. The number of ether oxygens (including phenoxy) is 1. The van der Waals surface area contributed by atoms with Crippen LogP contribution in [-0.2, 0) is 57.1 Å². The Morgan fingerprint density at radius 1 is 0.984 bits per heavy atom. The predicted octanol–water partition coefficient (Wildman–Crippen LogP) is -14.6. The Morgan fingerprint density at radius 3 is 2.26 bits per heavy atom. The molecule has 32 heteroatoms. The average Bonchev–Trinajstić information content (AvgIpc) is 3.68. The van der Waals surface area contributed by atoms with Gasteiger partial charge in [0.15, 0.2) is 22.8 Å².